The molecule has 1 amide bonds. The summed E-state index contributed by atoms with van der Waals surface area (Å²) < 4.78 is 0. The van der Waals surface area contributed by atoms with Crippen molar-refractivity contribution in [3.8, 4) is 0 Å². The van der Waals surface area contributed by atoms with Crippen LogP contribution in [0.2, 0.25) is 0 Å². The molecule has 0 unspecified atom stereocenters. The molecule has 2 aromatic rings. The largest absolute Gasteiger partial charge is 0.360 e. The summed E-state index contributed by atoms with van der Waals surface area (Å²) in [4.78, 5) is 15.1. The van der Waals surface area contributed by atoms with Crippen molar-refractivity contribution >= 4 is 16.8 Å². The van der Waals surface area contributed by atoms with Crippen LogP contribution in [0.5, 0.6) is 0 Å². The van der Waals surface area contributed by atoms with Crippen LogP contribution in [-0.2, 0) is 0 Å². The number of nitrogens with one attached hydrogen (secondary N) is 2. The fourth-order valence-corrected chi connectivity index (χ4v) is 2.11. The maximum atomic E-state index is 12.0. The van der Waals surface area contributed by atoms with Crippen LogP contribution in [0.3, 0.4) is 0 Å². The quantitative estimate of drug-likeness (QED) is 0.751. The molecule has 2 N–H and O–H groups in total. The van der Waals surface area contributed by atoms with E-state index in [1.165, 1.54) is 19.3 Å². The lowest BCUT2D eigenvalue weighted by Gasteiger charge is -2.03. The smallest absolute Gasteiger partial charge is 0.253 e. The predicted molar refractivity (Wildman–Crippen MR) is 74.8 cm³/mol. The fourth-order valence-electron chi connectivity index (χ4n) is 2.11. The number of para-hydroxylation sites is 1. The van der Waals surface area contributed by atoms with Gasteiger partial charge in [-0.15, -0.1) is 0 Å². The van der Waals surface area contributed by atoms with Crippen LogP contribution in [0, 0.1) is 0 Å². The van der Waals surface area contributed by atoms with Gasteiger partial charge in [-0.05, 0) is 12.5 Å². The highest BCUT2D eigenvalue weighted by Gasteiger charge is 2.10. The van der Waals surface area contributed by atoms with Crippen LogP contribution < -0.4 is 5.32 Å². The van der Waals surface area contributed by atoms with Gasteiger partial charge in [-0.2, -0.15) is 0 Å². The summed E-state index contributed by atoms with van der Waals surface area (Å²) in [6.45, 7) is 2.95. The summed E-state index contributed by atoms with van der Waals surface area (Å²) >= 11 is 0. The molecule has 0 spiro atoms. The van der Waals surface area contributed by atoms with Gasteiger partial charge in [-0.3, -0.25) is 4.79 Å². The van der Waals surface area contributed by atoms with Crippen molar-refractivity contribution in [3.05, 3.63) is 36.0 Å². The highest BCUT2D eigenvalue weighted by Crippen LogP contribution is 2.17. The van der Waals surface area contributed by atoms with E-state index in [1.54, 1.807) is 6.20 Å². The molecule has 0 radical (unpaired) electrons. The second-order valence-corrected chi connectivity index (χ2v) is 4.56. The van der Waals surface area contributed by atoms with Crippen LogP contribution in [0.25, 0.3) is 10.9 Å². The molecule has 3 nitrogen and oxygen atoms in total. The number of hydrogen-bond acceptors (Lipinski definition) is 1. The molecule has 0 aliphatic carbocycles. The van der Waals surface area contributed by atoms with Crippen LogP contribution in [0.4, 0.5) is 0 Å². The lowest BCUT2D eigenvalue weighted by atomic mass is 10.1. The van der Waals surface area contributed by atoms with Gasteiger partial charge >= 0.3 is 0 Å². The first-order valence-corrected chi connectivity index (χ1v) is 6.67. The average Bonchev–Trinajstić information content (AvgIpc) is 2.82. The molecule has 0 atom stereocenters. The number of fused-ring (bicyclic) bond motifs is 1. The molecular weight excluding hydrogens is 224 g/mol. The molecule has 1 aromatic heterocycles. The zero-order valence-corrected chi connectivity index (χ0v) is 10.8. The molecular formula is C15H20N2O. The van der Waals surface area contributed by atoms with Gasteiger partial charge < -0.3 is 10.3 Å². The van der Waals surface area contributed by atoms with Crippen LogP contribution in [0.15, 0.2) is 30.5 Å². The first kappa shape index (κ1) is 12.7. The number of benzene rings is 1. The zero-order valence-electron chi connectivity index (χ0n) is 10.8. The average molecular weight is 244 g/mol. The zero-order chi connectivity index (χ0) is 12.8. The van der Waals surface area contributed by atoms with E-state index in [0.29, 0.717) is 0 Å². The molecule has 0 fully saturated rings. The molecule has 2 rings (SSSR count). The third-order valence-electron chi connectivity index (χ3n) is 3.15. The minimum Gasteiger partial charge on any atom is -0.360 e. The Bertz CT molecular complexity index is 516. The maximum Gasteiger partial charge on any atom is 0.253 e. The van der Waals surface area contributed by atoms with Gasteiger partial charge in [0.1, 0.15) is 0 Å². The van der Waals surface area contributed by atoms with Crippen LogP contribution in [-0.4, -0.2) is 17.4 Å². The van der Waals surface area contributed by atoms with E-state index >= 15 is 0 Å². The van der Waals surface area contributed by atoms with Gasteiger partial charge in [0.2, 0.25) is 0 Å². The summed E-state index contributed by atoms with van der Waals surface area (Å²) in [7, 11) is 0. The Labute approximate surface area is 108 Å². The van der Waals surface area contributed by atoms with Crippen molar-refractivity contribution in [2.24, 2.45) is 0 Å². The fraction of sp³-hybridized carbons (Fsp3) is 0.400. The number of amides is 1. The molecule has 1 heterocycles. The number of unbranched alkanes of at least 4 members (excludes halogenated alkanes) is 3. The molecule has 0 aliphatic rings. The van der Waals surface area contributed by atoms with E-state index in [4.69, 9.17) is 0 Å². The van der Waals surface area contributed by atoms with Gasteiger partial charge in [0, 0.05) is 23.6 Å². The van der Waals surface area contributed by atoms with E-state index in [9.17, 15) is 4.79 Å². The van der Waals surface area contributed by atoms with E-state index in [-0.39, 0.29) is 5.91 Å². The summed E-state index contributed by atoms with van der Waals surface area (Å²) in [5.74, 6) is 0.0175. The summed E-state index contributed by atoms with van der Waals surface area (Å²) in [6, 6.07) is 7.87. The summed E-state index contributed by atoms with van der Waals surface area (Å²) in [5.41, 5.74) is 1.75. The minimum atomic E-state index is 0.0175. The third kappa shape index (κ3) is 2.92. The number of H-pyrrole nitrogens is 1. The van der Waals surface area contributed by atoms with E-state index in [0.717, 1.165) is 29.4 Å². The molecule has 3 heteroatoms. The maximum absolute atomic E-state index is 12.0. The van der Waals surface area contributed by atoms with Gasteiger partial charge in [-0.1, -0.05) is 44.4 Å². The van der Waals surface area contributed by atoms with Gasteiger partial charge in [0.25, 0.3) is 5.91 Å². The number of rotatable bonds is 6. The van der Waals surface area contributed by atoms with Crippen molar-refractivity contribution in [3.63, 3.8) is 0 Å². The second kappa shape index (κ2) is 6.24. The number of hydrogen-bond donors (Lipinski definition) is 2. The molecule has 0 saturated heterocycles. The lowest BCUT2D eigenvalue weighted by Crippen LogP contribution is -2.24. The number of carbonyl (C=O) groups excluding carboxylic acids is 1. The standard InChI is InChI=1S/C15H20N2O/c1-2-3-4-7-10-16-15(18)13-11-17-14-9-6-5-8-12(13)14/h5-6,8-9,11,17H,2-4,7,10H2,1H3,(H,16,18). The van der Waals surface area contributed by atoms with Crippen molar-refractivity contribution in [1.29, 1.82) is 0 Å². The Hall–Kier alpha value is -1.77. The van der Waals surface area contributed by atoms with Crippen molar-refractivity contribution in [1.82, 2.24) is 10.3 Å². The molecule has 96 valence electrons. The first-order chi connectivity index (χ1) is 8.83. The predicted octanol–water partition coefficient (Wildman–Crippen LogP) is 3.48. The highest BCUT2D eigenvalue weighted by atomic mass is 16.1. The number of aromatic nitrogens is 1. The van der Waals surface area contributed by atoms with Crippen molar-refractivity contribution in [2.45, 2.75) is 32.6 Å². The Morgan fingerprint density at radius 2 is 2.06 bits per heavy atom. The monoisotopic (exact) mass is 244 g/mol. The Morgan fingerprint density at radius 3 is 2.89 bits per heavy atom. The second-order valence-electron chi connectivity index (χ2n) is 4.56. The van der Waals surface area contributed by atoms with Gasteiger partial charge in [0.15, 0.2) is 0 Å². The molecule has 18 heavy (non-hydrogen) atoms. The van der Waals surface area contributed by atoms with Crippen LogP contribution in [0.1, 0.15) is 43.0 Å². The van der Waals surface area contributed by atoms with Gasteiger partial charge in [-0.25, -0.2) is 0 Å². The van der Waals surface area contributed by atoms with E-state index in [2.05, 4.69) is 17.2 Å². The highest BCUT2D eigenvalue weighted by molar-refractivity contribution is 6.06. The van der Waals surface area contributed by atoms with E-state index < -0.39 is 0 Å². The lowest BCUT2D eigenvalue weighted by molar-refractivity contribution is 0.0954. The molecule has 0 aliphatic heterocycles. The Kier molecular flexibility index (Phi) is 4.40. The van der Waals surface area contributed by atoms with Gasteiger partial charge in [0.05, 0.1) is 5.56 Å². The van der Waals surface area contributed by atoms with Crippen LogP contribution >= 0.6 is 0 Å². The Balaban J connectivity index is 1.93. The number of aromatic amines is 1. The molecule has 0 saturated carbocycles. The summed E-state index contributed by atoms with van der Waals surface area (Å²) in [5, 5.41) is 3.97. The normalized spacial score (nSPS) is 10.7. The topological polar surface area (TPSA) is 44.9 Å². The van der Waals surface area contributed by atoms with E-state index in [1.807, 2.05) is 24.3 Å². The Morgan fingerprint density at radius 1 is 1.22 bits per heavy atom. The van der Waals surface area contributed by atoms with Crippen molar-refractivity contribution < 1.29 is 4.79 Å². The summed E-state index contributed by atoms with van der Waals surface area (Å²) in [6.07, 6.45) is 6.48. The SMILES string of the molecule is CCCCCCNC(=O)c1c[nH]c2ccccc12. The molecule has 0 bridgehead atoms. The minimum absolute atomic E-state index is 0.0175. The van der Waals surface area contributed by atoms with Crippen molar-refractivity contribution in [2.75, 3.05) is 6.54 Å². The first-order valence-electron chi connectivity index (χ1n) is 6.67. The molecule has 1 aromatic carbocycles. The number of carbonyl (C=O) groups is 1. The third-order valence-corrected chi connectivity index (χ3v) is 3.15.